The van der Waals surface area contributed by atoms with Gasteiger partial charge in [-0.05, 0) is 38.3 Å². The van der Waals surface area contributed by atoms with Gasteiger partial charge in [-0.3, -0.25) is 19.4 Å². The minimum absolute atomic E-state index is 0.0000442. The fourth-order valence-electron chi connectivity index (χ4n) is 3.85. The standard InChI is InChI=1S/C25H19F3N6O3S/c1-4-21-32-19(13-38-21)22(35)34(17-7-16(25(26,27)28)8-18(9-17)37-14(2)3)20-5-6-33(23(20)36)24-30-11-15(10-29)12-31-24/h1,7-9,11-14,20H,5-6H2,2-3H3. The summed E-state index contributed by atoms with van der Waals surface area (Å²) in [5.41, 5.74) is -1.18. The summed E-state index contributed by atoms with van der Waals surface area (Å²) in [5, 5.41) is 10.5. The highest BCUT2D eigenvalue weighted by molar-refractivity contribution is 7.10. The molecule has 0 spiro atoms. The Balaban J connectivity index is 1.81. The van der Waals surface area contributed by atoms with E-state index in [1.807, 2.05) is 6.07 Å². The summed E-state index contributed by atoms with van der Waals surface area (Å²) in [6, 6.07) is 3.57. The first-order valence-corrected chi connectivity index (χ1v) is 12.1. The van der Waals surface area contributed by atoms with Crippen molar-refractivity contribution in [2.45, 2.75) is 38.6 Å². The first kappa shape index (κ1) is 26.6. The van der Waals surface area contributed by atoms with Crippen LogP contribution < -0.4 is 14.5 Å². The van der Waals surface area contributed by atoms with Crippen LogP contribution in [0.2, 0.25) is 0 Å². The van der Waals surface area contributed by atoms with Crippen molar-refractivity contribution in [1.29, 1.82) is 5.26 Å². The van der Waals surface area contributed by atoms with Gasteiger partial charge in [-0.2, -0.15) is 18.4 Å². The quantitative estimate of drug-likeness (QED) is 0.434. The number of nitrogens with zero attached hydrogens (tertiary/aromatic N) is 6. The monoisotopic (exact) mass is 540 g/mol. The number of ether oxygens (including phenoxy) is 1. The van der Waals surface area contributed by atoms with Crippen LogP contribution in [0.15, 0.2) is 36.0 Å². The number of nitriles is 1. The highest BCUT2D eigenvalue weighted by Gasteiger charge is 2.42. The van der Waals surface area contributed by atoms with Crippen molar-refractivity contribution in [2.24, 2.45) is 0 Å². The van der Waals surface area contributed by atoms with E-state index in [1.165, 1.54) is 28.7 Å². The molecular weight excluding hydrogens is 521 g/mol. The van der Waals surface area contributed by atoms with Crippen LogP contribution in [-0.2, 0) is 11.0 Å². The number of hydrogen-bond donors (Lipinski definition) is 0. The van der Waals surface area contributed by atoms with Gasteiger partial charge in [-0.1, -0.05) is 0 Å². The Morgan fingerprint density at radius 1 is 1.29 bits per heavy atom. The first-order chi connectivity index (χ1) is 18.0. The molecule has 0 aliphatic carbocycles. The number of benzene rings is 1. The minimum Gasteiger partial charge on any atom is -0.491 e. The molecule has 3 aromatic rings. The molecule has 3 heterocycles. The number of alkyl halides is 3. The molecule has 1 aliphatic heterocycles. The molecule has 1 aliphatic rings. The van der Waals surface area contributed by atoms with Gasteiger partial charge in [0.15, 0.2) is 5.01 Å². The summed E-state index contributed by atoms with van der Waals surface area (Å²) >= 11 is 1.01. The molecule has 0 radical (unpaired) electrons. The summed E-state index contributed by atoms with van der Waals surface area (Å²) in [6.07, 6.45) is 2.71. The molecule has 1 aromatic carbocycles. The first-order valence-electron chi connectivity index (χ1n) is 11.2. The van der Waals surface area contributed by atoms with Crippen LogP contribution in [0.4, 0.5) is 24.8 Å². The van der Waals surface area contributed by atoms with E-state index in [2.05, 4.69) is 20.9 Å². The average molecular weight is 541 g/mol. The zero-order valence-corrected chi connectivity index (χ0v) is 20.9. The Morgan fingerprint density at radius 3 is 2.58 bits per heavy atom. The van der Waals surface area contributed by atoms with E-state index in [9.17, 15) is 22.8 Å². The lowest BCUT2D eigenvalue weighted by Crippen LogP contribution is -2.46. The van der Waals surface area contributed by atoms with E-state index in [1.54, 1.807) is 13.8 Å². The molecule has 13 heteroatoms. The number of anilines is 2. The molecule has 4 rings (SSSR count). The van der Waals surface area contributed by atoms with Crippen LogP contribution in [0.3, 0.4) is 0 Å². The van der Waals surface area contributed by atoms with Crippen molar-refractivity contribution in [3.8, 4) is 24.2 Å². The Labute approximate surface area is 219 Å². The number of rotatable bonds is 6. The van der Waals surface area contributed by atoms with Gasteiger partial charge < -0.3 is 4.74 Å². The summed E-state index contributed by atoms with van der Waals surface area (Å²) < 4.78 is 47.0. The van der Waals surface area contributed by atoms with Crippen molar-refractivity contribution in [3.05, 3.63) is 57.8 Å². The number of halogens is 3. The number of carbonyl (C=O) groups is 2. The Hall–Kier alpha value is -4.49. The van der Waals surface area contributed by atoms with Crippen LogP contribution >= 0.6 is 11.3 Å². The van der Waals surface area contributed by atoms with E-state index >= 15 is 0 Å². The molecule has 1 saturated heterocycles. The molecule has 1 fully saturated rings. The van der Waals surface area contributed by atoms with Gasteiger partial charge in [0.25, 0.3) is 11.8 Å². The summed E-state index contributed by atoms with van der Waals surface area (Å²) in [6.45, 7) is 3.38. The number of thiazole rings is 1. The smallest absolute Gasteiger partial charge is 0.416 e. The third kappa shape index (κ3) is 5.43. The summed E-state index contributed by atoms with van der Waals surface area (Å²) in [5.74, 6) is 0.769. The average Bonchev–Trinajstić information content (AvgIpc) is 3.50. The lowest BCUT2D eigenvalue weighted by Gasteiger charge is -2.28. The van der Waals surface area contributed by atoms with Gasteiger partial charge in [0.1, 0.15) is 23.6 Å². The molecule has 1 unspecified atom stereocenters. The van der Waals surface area contributed by atoms with Crippen LogP contribution in [0.25, 0.3) is 0 Å². The van der Waals surface area contributed by atoms with Gasteiger partial charge in [-0.15, -0.1) is 17.8 Å². The van der Waals surface area contributed by atoms with Gasteiger partial charge in [0.05, 0.1) is 29.6 Å². The van der Waals surface area contributed by atoms with Crippen molar-refractivity contribution in [1.82, 2.24) is 15.0 Å². The third-order valence-electron chi connectivity index (χ3n) is 5.43. The topological polar surface area (TPSA) is 112 Å². The van der Waals surface area contributed by atoms with Crippen LogP contribution in [-0.4, -0.2) is 45.5 Å². The Bertz CT molecular complexity index is 1460. The van der Waals surface area contributed by atoms with Crippen molar-refractivity contribution in [3.63, 3.8) is 0 Å². The molecule has 0 N–H and O–H groups in total. The molecule has 1 atom stereocenters. The molecule has 2 amide bonds. The van der Waals surface area contributed by atoms with Crippen LogP contribution in [0, 0.1) is 23.7 Å². The second kappa shape index (κ2) is 10.5. The molecule has 9 nitrogen and oxygen atoms in total. The maximum absolute atomic E-state index is 13.8. The van der Waals surface area contributed by atoms with Crippen molar-refractivity contribution >= 4 is 34.8 Å². The van der Waals surface area contributed by atoms with Crippen LogP contribution in [0.1, 0.15) is 46.9 Å². The highest BCUT2D eigenvalue weighted by Crippen LogP contribution is 2.38. The van der Waals surface area contributed by atoms with Gasteiger partial charge >= 0.3 is 6.18 Å². The summed E-state index contributed by atoms with van der Waals surface area (Å²) in [4.78, 5) is 41.5. The molecular formula is C25H19F3N6O3S. The second-order valence-electron chi connectivity index (χ2n) is 8.42. The number of aromatic nitrogens is 3. The number of terminal acetylenes is 1. The lowest BCUT2D eigenvalue weighted by molar-refractivity contribution is -0.137. The molecule has 0 saturated carbocycles. The second-order valence-corrected chi connectivity index (χ2v) is 9.27. The fraction of sp³-hybridized carbons (Fsp3) is 0.280. The summed E-state index contributed by atoms with van der Waals surface area (Å²) in [7, 11) is 0. The molecule has 194 valence electrons. The number of hydrogen-bond acceptors (Lipinski definition) is 8. The normalized spacial score (nSPS) is 15.3. The SMILES string of the molecule is C#Cc1nc(C(=O)N(c2cc(OC(C)C)cc(C(F)(F)F)c2)C2CCN(c3ncc(C#N)cn3)C2=O)cs1. The van der Waals surface area contributed by atoms with E-state index in [-0.39, 0.29) is 46.6 Å². The highest BCUT2D eigenvalue weighted by atomic mass is 32.1. The fourth-order valence-corrected chi connectivity index (χ4v) is 4.44. The molecule has 38 heavy (non-hydrogen) atoms. The third-order valence-corrected chi connectivity index (χ3v) is 6.21. The van der Waals surface area contributed by atoms with Crippen molar-refractivity contribution in [2.75, 3.05) is 16.3 Å². The molecule has 2 aromatic heterocycles. The van der Waals surface area contributed by atoms with Gasteiger partial charge in [0.2, 0.25) is 5.95 Å². The Morgan fingerprint density at radius 2 is 2.00 bits per heavy atom. The van der Waals surface area contributed by atoms with Gasteiger partial charge in [0, 0.05) is 23.7 Å². The van der Waals surface area contributed by atoms with E-state index in [0.717, 1.165) is 28.4 Å². The Kier molecular flexibility index (Phi) is 7.32. The predicted molar refractivity (Wildman–Crippen MR) is 132 cm³/mol. The van der Waals surface area contributed by atoms with Gasteiger partial charge in [-0.25, -0.2) is 15.0 Å². The maximum atomic E-state index is 13.8. The van der Waals surface area contributed by atoms with E-state index < -0.39 is 35.7 Å². The number of amides is 2. The maximum Gasteiger partial charge on any atom is 0.416 e. The molecule has 0 bridgehead atoms. The predicted octanol–water partition coefficient (Wildman–Crippen LogP) is 4.04. The zero-order valence-electron chi connectivity index (χ0n) is 20.1. The van der Waals surface area contributed by atoms with Crippen molar-refractivity contribution < 1.29 is 27.5 Å². The zero-order chi connectivity index (χ0) is 27.6. The minimum atomic E-state index is -4.75. The largest absolute Gasteiger partial charge is 0.491 e. The van der Waals surface area contributed by atoms with Crippen LogP contribution in [0.5, 0.6) is 5.75 Å². The lowest BCUT2D eigenvalue weighted by atomic mass is 10.1. The van der Waals surface area contributed by atoms with E-state index in [4.69, 9.17) is 16.4 Å². The number of carbonyl (C=O) groups excluding carboxylic acids is 2. The van der Waals surface area contributed by atoms with E-state index in [0.29, 0.717) is 0 Å².